The van der Waals surface area contributed by atoms with E-state index in [4.69, 9.17) is 4.74 Å². The average Bonchev–Trinajstić information content (AvgIpc) is 2.73. The van der Waals surface area contributed by atoms with E-state index in [9.17, 15) is 9.59 Å². The van der Waals surface area contributed by atoms with Crippen molar-refractivity contribution in [2.75, 3.05) is 26.8 Å². The Bertz CT molecular complexity index is 490. The lowest BCUT2D eigenvalue weighted by molar-refractivity contribution is -0.132. The summed E-state index contributed by atoms with van der Waals surface area (Å²) in [6.45, 7) is 1.30. The van der Waals surface area contributed by atoms with Crippen LogP contribution >= 0.6 is 0 Å². The van der Waals surface area contributed by atoms with E-state index in [0.29, 0.717) is 13.0 Å². The molecule has 0 bridgehead atoms. The number of carbonyl (C=O) groups is 2. The van der Waals surface area contributed by atoms with Crippen molar-refractivity contribution in [2.45, 2.75) is 31.7 Å². The van der Waals surface area contributed by atoms with Crippen molar-refractivity contribution in [1.82, 2.24) is 10.2 Å². The summed E-state index contributed by atoms with van der Waals surface area (Å²) in [6, 6.07) is 9.56. The van der Waals surface area contributed by atoms with Crippen LogP contribution in [-0.2, 0) is 14.3 Å². The van der Waals surface area contributed by atoms with Crippen LogP contribution in [0.5, 0.6) is 0 Å². The number of nitrogens with zero attached hydrogens (tertiary/aromatic N) is 1. The van der Waals surface area contributed by atoms with Crippen molar-refractivity contribution in [3.05, 3.63) is 35.9 Å². The van der Waals surface area contributed by atoms with Gasteiger partial charge in [-0.05, 0) is 18.4 Å². The summed E-state index contributed by atoms with van der Waals surface area (Å²) >= 11 is 0. The van der Waals surface area contributed by atoms with Crippen LogP contribution in [0.3, 0.4) is 0 Å². The van der Waals surface area contributed by atoms with Gasteiger partial charge in [-0.15, -0.1) is 0 Å². The van der Waals surface area contributed by atoms with E-state index in [2.05, 4.69) is 5.32 Å². The highest BCUT2D eigenvalue weighted by Gasteiger charge is 2.22. The van der Waals surface area contributed by atoms with Crippen LogP contribution in [0.1, 0.15) is 37.3 Å². The largest absolute Gasteiger partial charge is 0.375 e. The second-order valence-electron chi connectivity index (χ2n) is 5.61. The Balaban J connectivity index is 2.09. The molecule has 2 rings (SSSR count). The lowest BCUT2D eigenvalue weighted by Crippen LogP contribution is -2.41. The molecule has 1 heterocycles. The van der Waals surface area contributed by atoms with Gasteiger partial charge in [-0.1, -0.05) is 36.8 Å². The van der Waals surface area contributed by atoms with E-state index < -0.39 is 0 Å². The Kier molecular flexibility index (Phi) is 6.40. The quantitative estimate of drug-likeness (QED) is 0.873. The molecule has 0 unspecified atom stereocenters. The molecule has 0 aliphatic carbocycles. The lowest BCUT2D eigenvalue weighted by Gasteiger charge is -2.27. The topological polar surface area (TPSA) is 58.6 Å². The van der Waals surface area contributed by atoms with Crippen molar-refractivity contribution < 1.29 is 14.3 Å². The van der Waals surface area contributed by atoms with Crippen LogP contribution in [0.2, 0.25) is 0 Å². The molecule has 22 heavy (non-hydrogen) atoms. The maximum Gasteiger partial charge on any atom is 0.246 e. The SMILES string of the molecule is COCC(=O)N[C@H](CN1CCCCCC1=O)c1ccccc1. The predicted molar refractivity (Wildman–Crippen MR) is 84.2 cm³/mol. The molecular weight excluding hydrogens is 280 g/mol. The molecule has 1 aliphatic rings. The van der Waals surface area contributed by atoms with Crippen molar-refractivity contribution in [3.8, 4) is 0 Å². The highest BCUT2D eigenvalue weighted by atomic mass is 16.5. The van der Waals surface area contributed by atoms with Gasteiger partial charge in [0.2, 0.25) is 11.8 Å². The zero-order chi connectivity index (χ0) is 15.8. The van der Waals surface area contributed by atoms with Crippen LogP contribution < -0.4 is 5.32 Å². The van der Waals surface area contributed by atoms with Gasteiger partial charge in [0.1, 0.15) is 6.61 Å². The molecule has 1 N–H and O–H groups in total. The molecule has 1 atom stereocenters. The molecule has 1 saturated heterocycles. The Morgan fingerprint density at radius 2 is 2.05 bits per heavy atom. The van der Waals surface area contributed by atoms with Gasteiger partial charge in [0.25, 0.3) is 0 Å². The summed E-state index contributed by atoms with van der Waals surface area (Å²) in [4.78, 5) is 25.9. The zero-order valence-corrected chi connectivity index (χ0v) is 13.1. The maximum atomic E-state index is 12.2. The third-order valence-electron chi connectivity index (χ3n) is 3.89. The van der Waals surface area contributed by atoms with Crippen LogP contribution in [0.25, 0.3) is 0 Å². The van der Waals surface area contributed by atoms with E-state index in [1.165, 1.54) is 7.11 Å². The number of rotatable bonds is 6. The van der Waals surface area contributed by atoms with Gasteiger partial charge in [-0.25, -0.2) is 0 Å². The summed E-state index contributed by atoms with van der Waals surface area (Å²) in [5, 5.41) is 2.96. The molecule has 5 nitrogen and oxygen atoms in total. The fraction of sp³-hybridized carbons (Fsp3) is 0.529. The minimum Gasteiger partial charge on any atom is -0.375 e. The normalized spacial score (nSPS) is 17.0. The van der Waals surface area contributed by atoms with Crippen LogP contribution in [0.4, 0.5) is 0 Å². The second kappa shape index (κ2) is 8.54. The highest BCUT2D eigenvalue weighted by Crippen LogP contribution is 2.18. The molecule has 120 valence electrons. The monoisotopic (exact) mass is 304 g/mol. The second-order valence-corrected chi connectivity index (χ2v) is 5.61. The first-order valence-electron chi connectivity index (χ1n) is 7.81. The van der Waals surface area contributed by atoms with Gasteiger partial charge >= 0.3 is 0 Å². The number of likely N-dealkylation sites (tertiary alicyclic amines) is 1. The van der Waals surface area contributed by atoms with Crippen molar-refractivity contribution in [2.24, 2.45) is 0 Å². The third-order valence-corrected chi connectivity index (χ3v) is 3.89. The Morgan fingerprint density at radius 1 is 1.27 bits per heavy atom. The summed E-state index contributed by atoms with van der Waals surface area (Å²) in [7, 11) is 1.50. The number of methoxy groups -OCH3 is 1. The maximum absolute atomic E-state index is 12.2. The van der Waals surface area contributed by atoms with E-state index in [-0.39, 0.29) is 24.5 Å². The van der Waals surface area contributed by atoms with Crippen LogP contribution in [0, 0.1) is 0 Å². The minimum absolute atomic E-state index is 0.0251. The number of benzene rings is 1. The van der Waals surface area contributed by atoms with Crippen LogP contribution in [-0.4, -0.2) is 43.5 Å². The highest BCUT2D eigenvalue weighted by molar-refractivity contribution is 5.78. The molecule has 1 aromatic rings. The summed E-state index contributed by atoms with van der Waals surface area (Å²) in [6.07, 6.45) is 3.68. The van der Waals surface area contributed by atoms with Gasteiger partial charge in [0.05, 0.1) is 6.04 Å². The summed E-state index contributed by atoms with van der Waals surface area (Å²) in [5.41, 5.74) is 1.00. The lowest BCUT2D eigenvalue weighted by atomic mass is 10.1. The number of amides is 2. The first kappa shape index (κ1) is 16.5. The standard InChI is InChI=1S/C17H24N2O3/c1-22-13-16(20)18-15(14-8-4-2-5-9-14)12-19-11-7-3-6-10-17(19)21/h2,4-5,8-9,15H,3,6-7,10-13H2,1H3,(H,18,20)/t15-/m1/s1. The molecule has 0 saturated carbocycles. The van der Waals surface area contributed by atoms with Gasteiger partial charge in [0.15, 0.2) is 0 Å². The zero-order valence-electron chi connectivity index (χ0n) is 13.1. The van der Waals surface area contributed by atoms with Crippen molar-refractivity contribution in [1.29, 1.82) is 0 Å². The smallest absolute Gasteiger partial charge is 0.246 e. The van der Waals surface area contributed by atoms with E-state index >= 15 is 0 Å². The molecular formula is C17H24N2O3. The van der Waals surface area contributed by atoms with Gasteiger partial charge < -0.3 is 15.0 Å². The number of ether oxygens (including phenoxy) is 1. The van der Waals surface area contributed by atoms with Gasteiger partial charge in [-0.2, -0.15) is 0 Å². The predicted octanol–water partition coefficient (Wildman–Crippen LogP) is 1.89. The number of hydrogen-bond acceptors (Lipinski definition) is 3. The number of carbonyl (C=O) groups excluding carboxylic acids is 2. The summed E-state index contributed by atoms with van der Waals surface area (Å²) < 4.78 is 4.88. The molecule has 0 aromatic heterocycles. The van der Waals surface area contributed by atoms with Gasteiger partial charge in [0, 0.05) is 26.6 Å². The molecule has 1 aromatic carbocycles. The third kappa shape index (κ3) is 4.84. The number of hydrogen-bond donors (Lipinski definition) is 1. The van der Waals surface area contributed by atoms with Crippen molar-refractivity contribution >= 4 is 11.8 Å². The van der Waals surface area contributed by atoms with Crippen molar-refractivity contribution in [3.63, 3.8) is 0 Å². The Morgan fingerprint density at radius 3 is 2.77 bits per heavy atom. The first-order chi connectivity index (χ1) is 10.7. The van der Waals surface area contributed by atoms with E-state index in [1.807, 2.05) is 35.2 Å². The Labute approximate surface area is 131 Å². The molecule has 1 aliphatic heterocycles. The average molecular weight is 304 g/mol. The first-order valence-corrected chi connectivity index (χ1v) is 7.81. The van der Waals surface area contributed by atoms with Crippen LogP contribution in [0.15, 0.2) is 30.3 Å². The fourth-order valence-corrected chi connectivity index (χ4v) is 2.74. The fourth-order valence-electron chi connectivity index (χ4n) is 2.74. The minimum atomic E-state index is -0.203. The molecule has 2 amide bonds. The Hall–Kier alpha value is -1.88. The number of nitrogens with one attached hydrogen (secondary N) is 1. The van der Waals surface area contributed by atoms with Gasteiger partial charge in [-0.3, -0.25) is 9.59 Å². The molecule has 1 fully saturated rings. The van der Waals surface area contributed by atoms with E-state index in [0.717, 1.165) is 31.4 Å². The molecule has 5 heteroatoms. The van der Waals surface area contributed by atoms with E-state index in [1.54, 1.807) is 0 Å². The molecule has 0 radical (unpaired) electrons. The summed E-state index contributed by atoms with van der Waals surface area (Å²) in [5.74, 6) is 0.0121. The molecule has 0 spiro atoms.